The van der Waals surface area contributed by atoms with Gasteiger partial charge >= 0.3 is 0 Å². The first-order valence-corrected chi connectivity index (χ1v) is 8.16. The van der Waals surface area contributed by atoms with Crippen molar-refractivity contribution in [1.29, 1.82) is 0 Å². The highest BCUT2D eigenvalue weighted by Crippen LogP contribution is 2.28. The van der Waals surface area contributed by atoms with E-state index >= 15 is 0 Å². The Morgan fingerprint density at radius 1 is 0.900 bits per heavy atom. The summed E-state index contributed by atoms with van der Waals surface area (Å²) in [6.45, 7) is 5.60. The average molecular weight is 288 g/mol. The first kappa shape index (κ1) is 14.8. The van der Waals surface area contributed by atoms with Gasteiger partial charge in [0.05, 0.1) is 9.64 Å². The van der Waals surface area contributed by atoms with Crippen LogP contribution in [0.1, 0.15) is 25.0 Å². The Balaban J connectivity index is 2.32. The Hall–Kier alpha value is -1.61. The Morgan fingerprint density at radius 2 is 1.45 bits per heavy atom. The normalized spacial score (nSPS) is 12.3. The molecule has 0 N–H and O–H groups in total. The number of hydrogen-bond donors (Lipinski definition) is 0. The smallest absolute Gasteiger partial charge is 0.183 e. The predicted octanol–water partition coefficient (Wildman–Crippen LogP) is 3.79. The third-order valence-electron chi connectivity index (χ3n) is 3.53. The molecule has 2 nitrogen and oxygen atoms in total. The van der Waals surface area contributed by atoms with Gasteiger partial charge in [-0.25, -0.2) is 8.42 Å². The number of hydrogen-bond acceptors (Lipinski definition) is 2. The van der Waals surface area contributed by atoms with Crippen molar-refractivity contribution in [3.63, 3.8) is 0 Å². The molecule has 0 aromatic heterocycles. The highest BCUT2D eigenvalue weighted by atomic mass is 32.2. The molecule has 0 spiro atoms. The van der Waals surface area contributed by atoms with Crippen LogP contribution in [0.25, 0.3) is 0 Å². The molecule has 0 heterocycles. The number of benzene rings is 2. The Bertz CT molecular complexity index is 669. The third kappa shape index (κ3) is 2.93. The summed E-state index contributed by atoms with van der Waals surface area (Å²) in [5, 5.41) is 0. The molecule has 20 heavy (non-hydrogen) atoms. The van der Waals surface area contributed by atoms with E-state index in [0.717, 1.165) is 5.56 Å². The molecule has 0 aliphatic carbocycles. The van der Waals surface area contributed by atoms with Crippen LogP contribution >= 0.6 is 0 Å². The summed E-state index contributed by atoms with van der Waals surface area (Å²) in [6.07, 6.45) is 0.504. The molecule has 106 valence electrons. The fourth-order valence-corrected chi connectivity index (χ4v) is 3.72. The fraction of sp³-hybridized carbons (Fsp3) is 0.294. The van der Waals surface area contributed by atoms with Crippen molar-refractivity contribution in [2.45, 2.75) is 36.8 Å². The van der Waals surface area contributed by atoms with Gasteiger partial charge in [-0.1, -0.05) is 48.0 Å². The van der Waals surface area contributed by atoms with E-state index < -0.39 is 14.6 Å². The van der Waals surface area contributed by atoms with E-state index in [-0.39, 0.29) is 0 Å². The van der Waals surface area contributed by atoms with Crippen LogP contribution in [0.2, 0.25) is 0 Å². The number of aryl methyl sites for hydroxylation is 1. The summed E-state index contributed by atoms with van der Waals surface area (Å²) in [5.41, 5.74) is 2.22. The van der Waals surface area contributed by atoms with Crippen molar-refractivity contribution >= 4 is 9.84 Å². The molecular formula is C17H20O2S. The summed E-state index contributed by atoms with van der Waals surface area (Å²) >= 11 is 0. The molecule has 0 unspecified atom stereocenters. The van der Waals surface area contributed by atoms with E-state index in [2.05, 4.69) is 0 Å². The predicted molar refractivity (Wildman–Crippen MR) is 82.6 cm³/mol. The van der Waals surface area contributed by atoms with Crippen LogP contribution in [0.5, 0.6) is 0 Å². The molecule has 2 aromatic carbocycles. The minimum absolute atomic E-state index is 0.386. The molecule has 3 heteroatoms. The van der Waals surface area contributed by atoms with E-state index in [4.69, 9.17) is 0 Å². The van der Waals surface area contributed by atoms with Crippen molar-refractivity contribution in [2.24, 2.45) is 0 Å². The molecule has 0 saturated heterocycles. The third-order valence-corrected chi connectivity index (χ3v) is 6.02. The summed E-state index contributed by atoms with van der Waals surface area (Å²) in [7, 11) is -3.35. The van der Waals surface area contributed by atoms with Gasteiger partial charge < -0.3 is 0 Å². The van der Waals surface area contributed by atoms with Crippen LogP contribution in [0, 0.1) is 6.92 Å². The Kier molecular flexibility index (Phi) is 4.00. The zero-order valence-corrected chi connectivity index (χ0v) is 12.9. The van der Waals surface area contributed by atoms with Crippen molar-refractivity contribution in [3.05, 3.63) is 65.7 Å². The minimum atomic E-state index is -3.35. The van der Waals surface area contributed by atoms with Gasteiger partial charge in [-0.2, -0.15) is 0 Å². The van der Waals surface area contributed by atoms with Crippen LogP contribution in [-0.4, -0.2) is 13.2 Å². The van der Waals surface area contributed by atoms with Crippen LogP contribution in [0.4, 0.5) is 0 Å². The molecule has 2 aromatic rings. The molecule has 0 bridgehead atoms. The monoisotopic (exact) mass is 288 g/mol. The van der Waals surface area contributed by atoms with E-state index in [1.165, 1.54) is 5.56 Å². The lowest BCUT2D eigenvalue weighted by atomic mass is 10.0. The lowest BCUT2D eigenvalue weighted by Gasteiger charge is -2.25. The summed E-state index contributed by atoms with van der Waals surface area (Å²) < 4.78 is 24.6. The van der Waals surface area contributed by atoms with Gasteiger partial charge in [0.2, 0.25) is 0 Å². The molecule has 0 fully saturated rings. The first-order valence-electron chi connectivity index (χ1n) is 6.68. The van der Waals surface area contributed by atoms with E-state index in [9.17, 15) is 8.42 Å². The largest absolute Gasteiger partial charge is 0.223 e. The molecule has 0 aliphatic rings. The second kappa shape index (κ2) is 5.41. The first-order chi connectivity index (χ1) is 9.33. The van der Waals surface area contributed by atoms with Crippen molar-refractivity contribution < 1.29 is 8.42 Å². The second-order valence-electron chi connectivity index (χ2n) is 5.74. The van der Waals surface area contributed by atoms with Gasteiger partial charge in [-0.3, -0.25) is 0 Å². The lowest BCUT2D eigenvalue weighted by molar-refractivity contribution is 0.544. The summed E-state index contributed by atoms with van der Waals surface area (Å²) in [5.74, 6) is 0. The Labute approximate surface area is 121 Å². The zero-order chi connectivity index (χ0) is 14.8. The van der Waals surface area contributed by atoms with Crippen LogP contribution in [0.3, 0.4) is 0 Å². The molecule has 0 saturated carbocycles. The molecular weight excluding hydrogens is 268 g/mol. The maximum atomic E-state index is 12.7. The molecule has 0 atom stereocenters. The van der Waals surface area contributed by atoms with Crippen LogP contribution in [-0.2, 0) is 16.3 Å². The standard InChI is InChI=1S/C17H20O2S/c1-14-9-11-15(12-10-14)13-17(2,3)20(18,19)16-7-5-4-6-8-16/h4-12H,13H2,1-3H3. The summed E-state index contributed by atoms with van der Waals surface area (Å²) in [6, 6.07) is 16.7. The van der Waals surface area contributed by atoms with Crippen molar-refractivity contribution in [3.8, 4) is 0 Å². The van der Waals surface area contributed by atoms with Gasteiger partial charge in [0, 0.05) is 0 Å². The van der Waals surface area contributed by atoms with Gasteiger partial charge in [-0.15, -0.1) is 0 Å². The minimum Gasteiger partial charge on any atom is -0.223 e. The lowest BCUT2D eigenvalue weighted by Crippen LogP contribution is -2.34. The average Bonchev–Trinajstić information content (AvgIpc) is 2.42. The van der Waals surface area contributed by atoms with E-state index in [0.29, 0.717) is 11.3 Å². The van der Waals surface area contributed by atoms with Gasteiger partial charge in [0.15, 0.2) is 9.84 Å². The molecule has 2 rings (SSSR count). The number of sulfone groups is 1. The van der Waals surface area contributed by atoms with Gasteiger partial charge in [-0.05, 0) is 44.9 Å². The maximum Gasteiger partial charge on any atom is 0.183 e. The Morgan fingerprint density at radius 3 is 2.00 bits per heavy atom. The maximum absolute atomic E-state index is 12.7. The second-order valence-corrected chi connectivity index (χ2v) is 8.32. The molecule has 0 radical (unpaired) electrons. The number of rotatable bonds is 4. The summed E-state index contributed by atoms with van der Waals surface area (Å²) in [4.78, 5) is 0.386. The quantitative estimate of drug-likeness (QED) is 0.857. The van der Waals surface area contributed by atoms with Crippen molar-refractivity contribution in [1.82, 2.24) is 0 Å². The van der Waals surface area contributed by atoms with E-state index in [1.807, 2.05) is 37.3 Å². The topological polar surface area (TPSA) is 34.1 Å². The molecule has 0 amide bonds. The highest BCUT2D eigenvalue weighted by Gasteiger charge is 2.35. The molecule has 0 aliphatic heterocycles. The SMILES string of the molecule is Cc1ccc(CC(C)(C)S(=O)(=O)c2ccccc2)cc1. The highest BCUT2D eigenvalue weighted by molar-refractivity contribution is 7.92. The zero-order valence-electron chi connectivity index (χ0n) is 12.1. The van der Waals surface area contributed by atoms with Crippen LogP contribution in [0.15, 0.2) is 59.5 Å². The van der Waals surface area contributed by atoms with E-state index in [1.54, 1.807) is 38.1 Å². The fourth-order valence-electron chi connectivity index (χ4n) is 2.21. The van der Waals surface area contributed by atoms with Gasteiger partial charge in [0.25, 0.3) is 0 Å². The van der Waals surface area contributed by atoms with Gasteiger partial charge in [0.1, 0.15) is 0 Å². The van der Waals surface area contributed by atoms with Crippen LogP contribution < -0.4 is 0 Å². The van der Waals surface area contributed by atoms with Crippen molar-refractivity contribution in [2.75, 3.05) is 0 Å².